The predicted octanol–water partition coefficient (Wildman–Crippen LogP) is 3.51. The highest BCUT2D eigenvalue weighted by Gasteiger charge is 2.22. The van der Waals surface area contributed by atoms with Crippen LogP contribution in [0.1, 0.15) is 18.5 Å². The second-order valence-electron chi connectivity index (χ2n) is 5.25. The lowest BCUT2D eigenvalue weighted by Gasteiger charge is -2.18. The van der Waals surface area contributed by atoms with E-state index in [4.69, 9.17) is 14.2 Å². The van der Waals surface area contributed by atoms with Crippen molar-refractivity contribution in [3.63, 3.8) is 0 Å². The van der Waals surface area contributed by atoms with Gasteiger partial charge in [0.25, 0.3) is 0 Å². The molecule has 0 bridgehead atoms. The Bertz CT molecular complexity index is 854. The topological polar surface area (TPSA) is 73.9 Å². The van der Waals surface area contributed by atoms with Gasteiger partial charge in [0.05, 0.1) is 30.7 Å². The molecule has 0 aromatic heterocycles. The van der Waals surface area contributed by atoms with Gasteiger partial charge in [-0.15, -0.1) is 0 Å². The normalized spacial score (nSPS) is 12.5. The number of methoxy groups -OCH3 is 3. The number of rotatable bonds is 7. The van der Waals surface area contributed by atoms with Gasteiger partial charge in [0.15, 0.2) is 0 Å². The van der Waals surface area contributed by atoms with E-state index < -0.39 is 16.1 Å². The number of ether oxygens (including phenoxy) is 3. The molecule has 0 fully saturated rings. The maximum absolute atomic E-state index is 12.7. The number of hydrogen-bond acceptors (Lipinski definition) is 5. The Morgan fingerprint density at radius 3 is 2.16 bits per heavy atom. The molecule has 6 nitrogen and oxygen atoms in total. The van der Waals surface area contributed by atoms with Crippen molar-refractivity contribution in [1.82, 2.24) is 4.72 Å². The molecule has 1 N–H and O–H groups in total. The van der Waals surface area contributed by atoms with Crippen molar-refractivity contribution in [3.8, 4) is 17.2 Å². The molecule has 136 valence electrons. The van der Waals surface area contributed by atoms with Gasteiger partial charge in [-0.2, -0.15) is 0 Å². The van der Waals surface area contributed by atoms with E-state index in [0.29, 0.717) is 27.3 Å². The van der Waals surface area contributed by atoms with Gasteiger partial charge in [0.1, 0.15) is 17.2 Å². The zero-order chi connectivity index (χ0) is 18.6. The summed E-state index contributed by atoms with van der Waals surface area (Å²) in [6.07, 6.45) is 0. The number of benzene rings is 2. The van der Waals surface area contributed by atoms with Gasteiger partial charge in [-0.05, 0) is 59.3 Å². The second kappa shape index (κ2) is 8.07. The lowest BCUT2D eigenvalue weighted by atomic mass is 10.1. The van der Waals surface area contributed by atoms with E-state index in [-0.39, 0.29) is 4.90 Å². The SMILES string of the molecule is COc1ccc(OC)c(C(C)NS(=O)(=O)c2ccc(OC)c(Br)c2)c1. The fourth-order valence-corrected chi connectivity index (χ4v) is 4.30. The summed E-state index contributed by atoms with van der Waals surface area (Å²) in [6, 6.07) is 9.30. The Labute approximate surface area is 156 Å². The van der Waals surface area contributed by atoms with Gasteiger partial charge in [-0.25, -0.2) is 13.1 Å². The van der Waals surface area contributed by atoms with Crippen molar-refractivity contribution < 1.29 is 22.6 Å². The van der Waals surface area contributed by atoms with E-state index in [1.807, 2.05) is 0 Å². The molecular weight excluding hydrogens is 410 g/mol. The van der Waals surface area contributed by atoms with Gasteiger partial charge >= 0.3 is 0 Å². The van der Waals surface area contributed by atoms with Crippen LogP contribution in [-0.2, 0) is 10.0 Å². The number of hydrogen-bond donors (Lipinski definition) is 1. The third-order valence-corrected chi connectivity index (χ3v) is 5.83. The van der Waals surface area contributed by atoms with Crippen LogP contribution in [0.25, 0.3) is 0 Å². The fraction of sp³-hybridized carbons (Fsp3) is 0.294. The van der Waals surface area contributed by atoms with E-state index in [0.717, 1.165) is 0 Å². The first-order valence-corrected chi connectivity index (χ1v) is 9.67. The van der Waals surface area contributed by atoms with Gasteiger partial charge < -0.3 is 14.2 Å². The van der Waals surface area contributed by atoms with Gasteiger partial charge in [0, 0.05) is 11.6 Å². The molecule has 0 spiro atoms. The highest BCUT2D eigenvalue weighted by molar-refractivity contribution is 9.10. The third kappa shape index (κ3) is 4.45. The van der Waals surface area contributed by atoms with Crippen molar-refractivity contribution in [2.75, 3.05) is 21.3 Å². The van der Waals surface area contributed by atoms with E-state index in [2.05, 4.69) is 20.7 Å². The number of sulfonamides is 1. The quantitative estimate of drug-likeness (QED) is 0.728. The Balaban J connectivity index is 2.33. The molecule has 0 radical (unpaired) electrons. The summed E-state index contributed by atoms with van der Waals surface area (Å²) in [6.45, 7) is 1.74. The molecule has 0 aliphatic carbocycles. The highest BCUT2D eigenvalue weighted by atomic mass is 79.9. The van der Waals surface area contributed by atoms with Gasteiger partial charge in [-0.1, -0.05) is 0 Å². The summed E-state index contributed by atoms with van der Waals surface area (Å²) >= 11 is 3.30. The summed E-state index contributed by atoms with van der Waals surface area (Å²) in [7, 11) is 0.872. The maximum Gasteiger partial charge on any atom is 0.241 e. The molecule has 2 aromatic carbocycles. The van der Waals surface area contributed by atoms with Crippen LogP contribution in [0.4, 0.5) is 0 Å². The first-order chi connectivity index (χ1) is 11.8. The van der Waals surface area contributed by atoms with Crippen LogP contribution in [0.2, 0.25) is 0 Å². The molecule has 0 aliphatic rings. The minimum Gasteiger partial charge on any atom is -0.497 e. The van der Waals surface area contributed by atoms with Crippen LogP contribution in [0.3, 0.4) is 0 Å². The molecular formula is C17H20BrNO5S. The second-order valence-corrected chi connectivity index (χ2v) is 7.82. The zero-order valence-electron chi connectivity index (χ0n) is 14.4. The molecule has 25 heavy (non-hydrogen) atoms. The molecule has 0 heterocycles. The fourth-order valence-electron chi connectivity index (χ4n) is 2.36. The Morgan fingerprint density at radius 2 is 1.60 bits per heavy atom. The summed E-state index contributed by atoms with van der Waals surface area (Å²) in [5.41, 5.74) is 0.679. The molecule has 0 saturated carbocycles. The van der Waals surface area contributed by atoms with Crippen molar-refractivity contribution >= 4 is 26.0 Å². The zero-order valence-corrected chi connectivity index (χ0v) is 16.8. The van der Waals surface area contributed by atoms with E-state index in [1.165, 1.54) is 26.4 Å². The van der Waals surface area contributed by atoms with E-state index in [9.17, 15) is 8.42 Å². The molecule has 0 amide bonds. The molecule has 0 saturated heterocycles. The molecule has 0 aliphatic heterocycles. The summed E-state index contributed by atoms with van der Waals surface area (Å²) in [5, 5.41) is 0. The Morgan fingerprint density at radius 1 is 0.960 bits per heavy atom. The first kappa shape index (κ1) is 19.6. The standard InChI is InChI=1S/C17H20BrNO5S/c1-11(14-9-12(22-2)5-7-16(14)23-3)19-25(20,21)13-6-8-17(24-4)15(18)10-13/h5-11,19H,1-4H3. The third-order valence-electron chi connectivity index (χ3n) is 3.67. The van der Waals surface area contributed by atoms with Crippen molar-refractivity contribution in [1.29, 1.82) is 0 Å². The van der Waals surface area contributed by atoms with Crippen LogP contribution in [-0.4, -0.2) is 29.7 Å². The Kier molecular flexibility index (Phi) is 6.31. The van der Waals surface area contributed by atoms with Gasteiger partial charge in [0.2, 0.25) is 10.0 Å². The minimum atomic E-state index is -3.73. The van der Waals surface area contributed by atoms with Crippen LogP contribution < -0.4 is 18.9 Å². The van der Waals surface area contributed by atoms with Crippen LogP contribution in [0.15, 0.2) is 45.8 Å². The minimum absolute atomic E-state index is 0.133. The van der Waals surface area contributed by atoms with Crippen molar-refractivity contribution in [2.45, 2.75) is 17.9 Å². The molecule has 8 heteroatoms. The largest absolute Gasteiger partial charge is 0.497 e. The molecule has 2 aromatic rings. The summed E-state index contributed by atoms with van der Waals surface area (Å²) < 4.78 is 44.2. The van der Waals surface area contributed by atoms with Crippen LogP contribution in [0.5, 0.6) is 17.2 Å². The van der Waals surface area contributed by atoms with E-state index >= 15 is 0 Å². The summed E-state index contributed by atoms with van der Waals surface area (Å²) in [4.78, 5) is 0.133. The maximum atomic E-state index is 12.7. The first-order valence-electron chi connectivity index (χ1n) is 7.40. The Hall–Kier alpha value is -1.77. The lowest BCUT2D eigenvalue weighted by molar-refractivity contribution is 0.395. The van der Waals surface area contributed by atoms with Crippen molar-refractivity contribution in [3.05, 3.63) is 46.4 Å². The van der Waals surface area contributed by atoms with Crippen LogP contribution >= 0.6 is 15.9 Å². The van der Waals surface area contributed by atoms with Gasteiger partial charge in [-0.3, -0.25) is 0 Å². The average molecular weight is 430 g/mol. The monoisotopic (exact) mass is 429 g/mol. The smallest absolute Gasteiger partial charge is 0.241 e. The summed E-state index contributed by atoms with van der Waals surface area (Å²) in [5.74, 6) is 1.75. The van der Waals surface area contributed by atoms with Crippen molar-refractivity contribution in [2.24, 2.45) is 0 Å². The van der Waals surface area contributed by atoms with E-state index in [1.54, 1.807) is 38.3 Å². The lowest BCUT2D eigenvalue weighted by Crippen LogP contribution is -2.27. The molecule has 1 unspecified atom stereocenters. The highest BCUT2D eigenvalue weighted by Crippen LogP contribution is 2.31. The number of halogens is 1. The number of nitrogens with one attached hydrogen (secondary N) is 1. The average Bonchev–Trinajstić information content (AvgIpc) is 2.60. The molecule has 1 atom stereocenters. The molecule has 2 rings (SSSR count). The predicted molar refractivity (Wildman–Crippen MR) is 99.0 cm³/mol. The van der Waals surface area contributed by atoms with Crippen LogP contribution in [0, 0.1) is 0 Å².